The van der Waals surface area contributed by atoms with E-state index in [-0.39, 0.29) is 0 Å². The van der Waals surface area contributed by atoms with Crippen LogP contribution in [0.2, 0.25) is 0 Å². The molecule has 0 unspecified atom stereocenters. The van der Waals surface area contributed by atoms with Gasteiger partial charge < -0.3 is 0 Å². The van der Waals surface area contributed by atoms with Gasteiger partial charge in [-0.15, -0.1) is 0 Å². The molecule has 0 fully saturated rings. The van der Waals surface area contributed by atoms with Crippen LogP contribution in [0.1, 0.15) is 16.8 Å². The zero-order valence-electron chi connectivity index (χ0n) is 10.8. The number of fused-ring (bicyclic) bond motifs is 1. The summed E-state index contributed by atoms with van der Waals surface area (Å²) in [5.74, 6) is 0. The molecule has 2 aromatic carbocycles. The van der Waals surface area contributed by atoms with Crippen molar-refractivity contribution in [3.05, 3.63) is 77.6 Å². The summed E-state index contributed by atoms with van der Waals surface area (Å²) in [6.45, 7) is 0. The first-order valence-corrected chi connectivity index (χ1v) is 6.39. The molecule has 3 aromatic rings. The molecule has 94 valence electrons. The normalized spacial score (nSPS) is 10.8. The first kappa shape index (κ1) is 12.1. The summed E-state index contributed by atoms with van der Waals surface area (Å²) < 4.78 is 0. The third kappa shape index (κ3) is 2.43. The smallest absolute Gasteiger partial charge is 0.0991 e. The Hall–Kier alpha value is -2.92. The summed E-state index contributed by atoms with van der Waals surface area (Å²) in [4.78, 5) is 4.41. The van der Waals surface area contributed by atoms with Gasteiger partial charge in [-0.3, -0.25) is 4.98 Å². The highest BCUT2D eigenvalue weighted by Crippen LogP contribution is 2.18. The Kier molecular flexibility index (Phi) is 3.26. The van der Waals surface area contributed by atoms with E-state index < -0.39 is 0 Å². The maximum Gasteiger partial charge on any atom is 0.0991 e. The van der Waals surface area contributed by atoms with Crippen molar-refractivity contribution in [3.8, 4) is 6.07 Å². The van der Waals surface area contributed by atoms with E-state index in [4.69, 9.17) is 5.26 Å². The minimum absolute atomic E-state index is 0.665. The van der Waals surface area contributed by atoms with Gasteiger partial charge in [0.15, 0.2) is 0 Å². The molecule has 0 aliphatic heterocycles. The van der Waals surface area contributed by atoms with Crippen LogP contribution in [0.25, 0.3) is 22.9 Å². The zero-order valence-corrected chi connectivity index (χ0v) is 10.8. The molecule has 2 nitrogen and oxygen atoms in total. The van der Waals surface area contributed by atoms with Crippen LogP contribution in [0.5, 0.6) is 0 Å². The van der Waals surface area contributed by atoms with Crippen LogP contribution < -0.4 is 0 Å². The fraction of sp³-hybridized carbons (Fsp3) is 0. The molecule has 0 aliphatic rings. The average molecular weight is 256 g/mol. The fourth-order valence-corrected chi connectivity index (χ4v) is 2.16. The molecular weight excluding hydrogens is 244 g/mol. The predicted octanol–water partition coefficient (Wildman–Crippen LogP) is 4.28. The van der Waals surface area contributed by atoms with Gasteiger partial charge in [0.1, 0.15) is 0 Å². The number of hydrogen-bond donors (Lipinski definition) is 0. The van der Waals surface area contributed by atoms with Crippen LogP contribution in [0.3, 0.4) is 0 Å². The van der Waals surface area contributed by atoms with Gasteiger partial charge in [0.05, 0.1) is 17.3 Å². The summed E-state index contributed by atoms with van der Waals surface area (Å²) >= 11 is 0. The summed E-state index contributed by atoms with van der Waals surface area (Å²) in [5.41, 5.74) is 2.60. The van der Waals surface area contributed by atoms with Crippen molar-refractivity contribution in [2.75, 3.05) is 0 Å². The van der Waals surface area contributed by atoms with E-state index in [9.17, 15) is 0 Å². The topological polar surface area (TPSA) is 36.7 Å². The van der Waals surface area contributed by atoms with Crippen molar-refractivity contribution in [1.82, 2.24) is 4.98 Å². The second-order valence-electron chi connectivity index (χ2n) is 4.49. The highest BCUT2D eigenvalue weighted by Gasteiger charge is 1.98. The van der Waals surface area contributed by atoms with Crippen LogP contribution in [-0.4, -0.2) is 4.98 Å². The third-order valence-electron chi connectivity index (χ3n) is 3.15. The van der Waals surface area contributed by atoms with E-state index in [0.717, 1.165) is 16.6 Å². The number of aromatic nitrogens is 1. The monoisotopic (exact) mass is 256 g/mol. The maximum atomic E-state index is 8.90. The summed E-state index contributed by atoms with van der Waals surface area (Å²) in [5, 5.41) is 11.2. The maximum absolute atomic E-state index is 8.90. The van der Waals surface area contributed by atoms with Gasteiger partial charge in [0, 0.05) is 11.6 Å². The van der Waals surface area contributed by atoms with E-state index in [1.165, 1.54) is 5.39 Å². The van der Waals surface area contributed by atoms with Gasteiger partial charge in [-0.05, 0) is 35.2 Å². The molecule has 3 rings (SSSR count). The van der Waals surface area contributed by atoms with Gasteiger partial charge in [-0.1, -0.05) is 42.5 Å². The second kappa shape index (κ2) is 5.38. The number of rotatable bonds is 2. The summed E-state index contributed by atoms with van der Waals surface area (Å²) in [6.07, 6.45) is 5.78. The molecule has 0 bridgehead atoms. The van der Waals surface area contributed by atoms with Crippen molar-refractivity contribution in [2.24, 2.45) is 0 Å². The Labute approximate surface area is 117 Å². The molecule has 0 radical (unpaired) electrons. The lowest BCUT2D eigenvalue weighted by atomic mass is 10.1. The van der Waals surface area contributed by atoms with E-state index in [0.29, 0.717) is 5.56 Å². The molecular formula is C18H12N2. The van der Waals surface area contributed by atoms with E-state index >= 15 is 0 Å². The van der Waals surface area contributed by atoms with Gasteiger partial charge in [0.2, 0.25) is 0 Å². The van der Waals surface area contributed by atoms with Crippen molar-refractivity contribution >= 4 is 22.9 Å². The Morgan fingerprint density at radius 3 is 2.75 bits per heavy atom. The SMILES string of the molecule is N#Cc1cccc(/C=C/c2nccc3ccccc23)c1. The number of benzene rings is 2. The largest absolute Gasteiger partial charge is 0.256 e. The molecule has 0 saturated heterocycles. The summed E-state index contributed by atoms with van der Waals surface area (Å²) in [6, 6.07) is 19.8. The molecule has 0 amide bonds. The minimum Gasteiger partial charge on any atom is -0.256 e. The van der Waals surface area contributed by atoms with Crippen LogP contribution in [-0.2, 0) is 0 Å². The molecule has 0 atom stereocenters. The van der Waals surface area contributed by atoms with Gasteiger partial charge in [-0.2, -0.15) is 5.26 Å². The van der Waals surface area contributed by atoms with Crippen molar-refractivity contribution < 1.29 is 0 Å². The van der Waals surface area contributed by atoms with E-state index in [2.05, 4.69) is 23.2 Å². The first-order chi connectivity index (χ1) is 9.86. The van der Waals surface area contributed by atoms with Gasteiger partial charge in [0.25, 0.3) is 0 Å². The number of nitriles is 1. The van der Waals surface area contributed by atoms with Crippen molar-refractivity contribution in [3.63, 3.8) is 0 Å². The zero-order chi connectivity index (χ0) is 13.8. The highest BCUT2D eigenvalue weighted by molar-refractivity contribution is 5.91. The molecule has 0 saturated carbocycles. The molecule has 1 aromatic heterocycles. The molecule has 0 N–H and O–H groups in total. The Morgan fingerprint density at radius 2 is 1.85 bits per heavy atom. The molecule has 20 heavy (non-hydrogen) atoms. The molecule has 0 spiro atoms. The van der Waals surface area contributed by atoms with Crippen molar-refractivity contribution in [2.45, 2.75) is 0 Å². The Balaban J connectivity index is 2.00. The van der Waals surface area contributed by atoms with Gasteiger partial charge in [-0.25, -0.2) is 0 Å². The molecule has 0 aliphatic carbocycles. The predicted molar refractivity (Wildman–Crippen MR) is 81.8 cm³/mol. The molecule has 2 heteroatoms. The average Bonchev–Trinajstić information content (AvgIpc) is 2.53. The number of nitrogens with zero attached hydrogens (tertiary/aromatic N) is 2. The quantitative estimate of drug-likeness (QED) is 0.686. The lowest BCUT2D eigenvalue weighted by molar-refractivity contribution is 1.33. The van der Waals surface area contributed by atoms with E-state index in [1.54, 1.807) is 6.07 Å². The lowest BCUT2D eigenvalue weighted by Gasteiger charge is -2.00. The fourth-order valence-electron chi connectivity index (χ4n) is 2.16. The number of pyridine rings is 1. The first-order valence-electron chi connectivity index (χ1n) is 6.39. The summed E-state index contributed by atoms with van der Waals surface area (Å²) in [7, 11) is 0. The Bertz CT molecular complexity index is 821. The van der Waals surface area contributed by atoms with Crippen LogP contribution in [0.15, 0.2) is 60.8 Å². The number of hydrogen-bond acceptors (Lipinski definition) is 2. The van der Waals surface area contributed by atoms with E-state index in [1.807, 2.05) is 54.7 Å². The minimum atomic E-state index is 0.665. The Morgan fingerprint density at radius 1 is 0.950 bits per heavy atom. The third-order valence-corrected chi connectivity index (χ3v) is 3.15. The van der Waals surface area contributed by atoms with Crippen LogP contribution in [0.4, 0.5) is 0 Å². The van der Waals surface area contributed by atoms with Gasteiger partial charge >= 0.3 is 0 Å². The highest BCUT2D eigenvalue weighted by atomic mass is 14.7. The van der Waals surface area contributed by atoms with Crippen LogP contribution in [0, 0.1) is 11.3 Å². The lowest BCUT2D eigenvalue weighted by Crippen LogP contribution is -1.83. The molecule has 1 heterocycles. The van der Waals surface area contributed by atoms with Crippen LogP contribution >= 0.6 is 0 Å². The second-order valence-corrected chi connectivity index (χ2v) is 4.49. The van der Waals surface area contributed by atoms with Crippen molar-refractivity contribution in [1.29, 1.82) is 5.26 Å². The standard InChI is InChI=1S/C18H12N2/c19-13-15-5-3-4-14(12-15)8-9-18-17-7-2-1-6-16(17)10-11-20-18/h1-12H/b9-8+.